The largest absolute Gasteiger partial charge is 0.457 e. The van der Waals surface area contributed by atoms with Crippen LogP contribution in [0.2, 0.25) is 0 Å². The molecule has 2 aromatic rings. The van der Waals surface area contributed by atoms with Crippen molar-refractivity contribution < 1.29 is 4.74 Å². The number of rotatable bonds is 2. The average molecular weight is 255 g/mol. The van der Waals surface area contributed by atoms with E-state index in [0.717, 1.165) is 22.7 Å². The molecule has 2 rings (SSSR count). The molecule has 0 aliphatic carbocycles. The molecule has 2 nitrogen and oxygen atoms in total. The Balaban J connectivity index is 2.42. The average Bonchev–Trinajstić information content (AvgIpc) is 2.33. The number of benzene rings is 2. The van der Waals surface area contributed by atoms with Crippen LogP contribution in [0.3, 0.4) is 0 Å². The maximum Gasteiger partial charge on any atom is 0.134 e. The Morgan fingerprint density at radius 1 is 0.947 bits per heavy atom. The molecule has 0 fully saturated rings. The third-order valence-electron chi connectivity index (χ3n) is 3.12. The summed E-state index contributed by atoms with van der Waals surface area (Å²) in [6, 6.07) is 13.8. The first-order valence-corrected chi connectivity index (χ1v) is 6.51. The van der Waals surface area contributed by atoms with E-state index in [9.17, 15) is 0 Å². The van der Waals surface area contributed by atoms with Gasteiger partial charge < -0.3 is 10.5 Å². The van der Waals surface area contributed by atoms with E-state index in [1.165, 1.54) is 5.56 Å². The fourth-order valence-corrected chi connectivity index (χ4v) is 2.03. The van der Waals surface area contributed by atoms with E-state index in [2.05, 4.69) is 45.9 Å². The number of ether oxygens (including phenoxy) is 1. The maximum atomic E-state index is 6.07. The molecule has 0 aliphatic heterocycles. The van der Waals surface area contributed by atoms with Gasteiger partial charge in [-0.05, 0) is 42.2 Å². The molecule has 100 valence electrons. The maximum absolute atomic E-state index is 6.07. The molecular weight excluding hydrogens is 234 g/mol. The number of hydrogen-bond donors (Lipinski definition) is 1. The van der Waals surface area contributed by atoms with Crippen LogP contribution in [0.1, 0.15) is 31.9 Å². The molecule has 0 atom stereocenters. The first-order chi connectivity index (χ1) is 8.88. The Bertz CT molecular complexity index is 565. The molecule has 0 spiro atoms. The molecule has 0 heterocycles. The molecule has 19 heavy (non-hydrogen) atoms. The molecule has 0 aliphatic rings. The van der Waals surface area contributed by atoms with Crippen molar-refractivity contribution in [2.45, 2.75) is 33.1 Å². The fourth-order valence-electron chi connectivity index (χ4n) is 2.03. The van der Waals surface area contributed by atoms with E-state index < -0.39 is 0 Å². The van der Waals surface area contributed by atoms with Crippen molar-refractivity contribution >= 4 is 5.69 Å². The molecule has 0 amide bonds. The highest BCUT2D eigenvalue weighted by Gasteiger charge is 2.20. The third-order valence-corrected chi connectivity index (χ3v) is 3.12. The van der Waals surface area contributed by atoms with E-state index in [1.54, 1.807) is 0 Å². The highest BCUT2D eigenvalue weighted by Crippen LogP contribution is 2.36. The molecule has 0 saturated carbocycles. The molecule has 0 radical (unpaired) electrons. The Morgan fingerprint density at radius 3 is 2.16 bits per heavy atom. The van der Waals surface area contributed by atoms with Gasteiger partial charge in [-0.2, -0.15) is 0 Å². The van der Waals surface area contributed by atoms with Gasteiger partial charge in [-0.15, -0.1) is 0 Å². The Hall–Kier alpha value is -1.96. The van der Waals surface area contributed by atoms with Gasteiger partial charge in [-0.3, -0.25) is 0 Å². The van der Waals surface area contributed by atoms with E-state index in [0.29, 0.717) is 0 Å². The van der Waals surface area contributed by atoms with E-state index in [-0.39, 0.29) is 5.41 Å². The van der Waals surface area contributed by atoms with Crippen LogP contribution in [0, 0.1) is 6.92 Å². The van der Waals surface area contributed by atoms with Gasteiger partial charge in [-0.25, -0.2) is 0 Å². The summed E-state index contributed by atoms with van der Waals surface area (Å²) >= 11 is 0. The summed E-state index contributed by atoms with van der Waals surface area (Å²) in [7, 11) is 0. The molecule has 2 heteroatoms. The number of anilines is 1. The quantitative estimate of drug-likeness (QED) is 0.792. The summed E-state index contributed by atoms with van der Waals surface area (Å²) in [5.41, 5.74) is 8.84. The topological polar surface area (TPSA) is 35.2 Å². The second-order valence-corrected chi connectivity index (χ2v) is 5.87. The molecule has 2 N–H and O–H groups in total. The zero-order valence-corrected chi connectivity index (χ0v) is 12.0. The van der Waals surface area contributed by atoms with Crippen molar-refractivity contribution in [2.75, 3.05) is 5.73 Å². The Labute approximate surface area is 115 Å². The van der Waals surface area contributed by atoms with E-state index in [4.69, 9.17) is 10.5 Å². The van der Waals surface area contributed by atoms with Crippen LogP contribution in [0.4, 0.5) is 5.69 Å². The number of nitrogens with two attached hydrogens (primary N) is 1. The van der Waals surface area contributed by atoms with Gasteiger partial charge in [0.1, 0.15) is 11.5 Å². The summed E-state index contributed by atoms with van der Waals surface area (Å²) < 4.78 is 6.07. The predicted octanol–water partition coefficient (Wildman–Crippen LogP) is 4.67. The van der Waals surface area contributed by atoms with Crippen LogP contribution in [0.25, 0.3) is 0 Å². The number of hydrogen-bond acceptors (Lipinski definition) is 2. The lowest BCUT2D eigenvalue weighted by Crippen LogP contribution is -2.13. The minimum atomic E-state index is 0.0508. The molecule has 0 unspecified atom stereocenters. The van der Waals surface area contributed by atoms with Crippen LogP contribution in [-0.2, 0) is 5.41 Å². The summed E-state index contributed by atoms with van der Waals surface area (Å²) in [6.07, 6.45) is 0. The van der Waals surface area contributed by atoms with Gasteiger partial charge in [0, 0.05) is 11.3 Å². The van der Waals surface area contributed by atoms with Crippen molar-refractivity contribution in [3.05, 3.63) is 53.6 Å². The third kappa shape index (κ3) is 3.08. The zero-order chi connectivity index (χ0) is 14.0. The van der Waals surface area contributed by atoms with E-state index >= 15 is 0 Å². The summed E-state index contributed by atoms with van der Waals surface area (Å²) in [4.78, 5) is 0. The fraction of sp³-hybridized carbons (Fsp3) is 0.294. The molecule has 0 aromatic heterocycles. The van der Waals surface area contributed by atoms with Gasteiger partial charge >= 0.3 is 0 Å². The molecule has 2 aromatic carbocycles. The zero-order valence-electron chi connectivity index (χ0n) is 12.0. The van der Waals surface area contributed by atoms with Crippen molar-refractivity contribution in [3.8, 4) is 11.5 Å². The second kappa shape index (κ2) is 4.96. The van der Waals surface area contributed by atoms with Crippen molar-refractivity contribution in [1.82, 2.24) is 0 Å². The van der Waals surface area contributed by atoms with Gasteiger partial charge in [0.25, 0.3) is 0 Å². The standard InChI is InChI=1S/C17H21NO/c1-12-6-5-7-15(17(2,3)4)16(12)19-14-10-8-13(18)9-11-14/h5-11H,18H2,1-4H3. The highest BCUT2D eigenvalue weighted by molar-refractivity contribution is 5.48. The summed E-state index contributed by atoms with van der Waals surface area (Å²) in [5.74, 6) is 1.76. The lowest BCUT2D eigenvalue weighted by atomic mass is 9.85. The first-order valence-electron chi connectivity index (χ1n) is 6.51. The van der Waals surface area contributed by atoms with Gasteiger partial charge in [0.2, 0.25) is 0 Å². The highest BCUT2D eigenvalue weighted by atomic mass is 16.5. The Morgan fingerprint density at radius 2 is 1.58 bits per heavy atom. The monoisotopic (exact) mass is 255 g/mol. The first kappa shape index (κ1) is 13.5. The molecule has 0 bridgehead atoms. The normalized spacial score (nSPS) is 11.4. The lowest BCUT2D eigenvalue weighted by Gasteiger charge is -2.24. The number of aryl methyl sites for hydroxylation is 1. The summed E-state index contributed by atoms with van der Waals surface area (Å²) in [5, 5.41) is 0. The minimum Gasteiger partial charge on any atom is -0.457 e. The smallest absolute Gasteiger partial charge is 0.134 e. The number of nitrogen functional groups attached to an aromatic ring is 1. The second-order valence-electron chi connectivity index (χ2n) is 5.87. The lowest BCUT2D eigenvalue weighted by molar-refractivity contribution is 0.452. The number of para-hydroxylation sites is 1. The molecule has 0 saturated heterocycles. The SMILES string of the molecule is Cc1cccc(C(C)(C)C)c1Oc1ccc(N)cc1. The minimum absolute atomic E-state index is 0.0508. The van der Waals surface area contributed by atoms with Crippen LogP contribution in [-0.4, -0.2) is 0 Å². The predicted molar refractivity (Wildman–Crippen MR) is 80.8 cm³/mol. The van der Waals surface area contributed by atoms with Crippen LogP contribution >= 0.6 is 0 Å². The van der Waals surface area contributed by atoms with Crippen molar-refractivity contribution in [1.29, 1.82) is 0 Å². The van der Waals surface area contributed by atoms with Gasteiger partial charge in [0.15, 0.2) is 0 Å². The van der Waals surface area contributed by atoms with Crippen LogP contribution in [0.5, 0.6) is 11.5 Å². The summed E-state index contributed by atoms with van der Waals surface area (Å²) in [6.45, 7) is 8.65. The van der Waals surface area contributed by atoms with Gasteiger partial charge in [0.05, 0.1) is 0 Å². The van der Waals surface area contributed by atoms with Crippen LogP contribution < -0.4 is 10.5 Å². The van der Waals surface area contributed by atoms with Crippen molar-refractivity contribution in [3.63, 3.8) is 0 Å². The van der Waals surface area contributed by atoms with E-state index in [1.807, 2.05) is 24.3 Å². The van der Waals surface area contributed by atoms with Crippen LogP contribution in [0.15, 0.2) is 42.5 Å². The molecular formula is C17H21NO. The van der Waals surface area contributed by atoms with Crippen molar-refractivity contribution in [2.24, 2.45) is 0 Å². The Kier molecular flexibility index (Phi) is 3.52. The van der Waals surface area contributed by atoms with Gasteiger partial charge in [-0.1, -0.05) is 39.0 Å².